The lowest BCUT2D eigenvalue weighted by atomic mass is 10.2. The van der Waals surface area contributed by atoms with Gasteiger partial charge in [-0.15, -0.1) is 0 Å². The molecule has 1 aliphatic heterocycles. The van der Waals surface area contributed by atoms with Gasteiger partial charge in [0.05, 0.1) is 5.25 Å². The van der Waals surface area contributed by atoms with Crippen LogP contribution in [0.4, 0.5) is 0 Å². The lowest BCUT2D eigenvalue weighted by Gasteiger charge is -2.22. The second-order valence-corrected chi connectivity index (χ2v) is 6.85. The number of aryl methyl sites for hydroxylation is 1. The molecule has 1 aliphatic rings. The van der Waals surface area contributed by atoms with Crippen molar-refractivity contribution in [3.05, 3.63) is 35.4 Å². The number of nitrogens with one attached hydrogen (secondary N) is 2. The molecule has 0 saturated carbocycles. The highest BCUT2D eigenvalue weighted by atomic mass is 32.2. The molecule has 0 atom stereocenters. The van der Waals surface area contributed by atoms with Crippen LogP contribution in [-0.2, 0) is 16.6 Å². The molecule has 2 rings (SSSR count). The summed E-state index contributed by atoms with van der Waals surface area (Å²) in [5.74, 6) is 0. The molecule has 1 saturated heterocycles. The van der Waals surface area contributed by atoms with E-state index in [9.17, 15) is 8.42 Å². The Morgan fingerprint density at radius 1 is 1.22 bits per heavy atom. The van der Waals surface area contributed by atoms with E-state index < -0.39 is 10.0 Å². The fraction of sp³-hybridized carbons (Fsp3) is 0.538. The van der Waals surface area contributed by atoms with Crippen LogP contribution in [0.15, 0.2) is 24.3 Å². The summed E-state index contributed by atoms with van der Waals surface area (Å²) in [7, 11) is -3.18. The van der Waals surface area contributed by atoms with E-state index in [0.717, 1.165) is 18.7 Å². The SMILES string of the molecule is Cc1ccc(CNS(=O)(=O)C2CCNCC2)cc1. The van der Waals surface area contributed by atoms with Gasteiger partial charge in [-0.05, 0) is 38.4 Å². The predicted octanol–water partition coefficient (Wildman–Crippen LogP) is 1.17. The fourth-order valence-corrected chi connectivity index (χ4v) is 3.57. The van der Waals surface area contributed by atoms with Crippen LogP contribution >= 0.6 is 0 Å². The first kappa shape index (κ1) is 13.5. The third-order valence-corrected chi connectivity index (χ3v) is 5.22. The number of rotatable bonds is 4. The van der Waals surface area contributed by atoms with Crippen molar-refractivity contribution in [1.82, 2.24) is 10.0 Å². The molecular formula is C13H20N2O2S. The van der Waals surface area contributed by atoms with Crippen molar-refractivity contribution in [3.8, 4) is 0 Å². The Kier molecular flexibility index (Phi) is 4.37. The summed E-state index contributed by atoms with van der Waals surface area (Å²) in [5, 5.41) is 2.93. The van der Waals surface area contributed by atoms with Crippen molar-refractivity contribution in [2.75, 3.05) is 13.1 Å². The highest BCUT2D eigenvalue weighted by Gasteiger charge is 2.26. The zero-order valence-electron chi connectivity index (χ0n) is 10.6. The minimum atomic E-state index is -3.18. The molecule has 1 heterocycles. The van der Waals surface area contributed by atoms with Gasteiger partial charge in [0.1, 0.15) is 0 Å². The minimum absolute atomic E-state index is 0.246. The van der Waals surface area contributed by atoms with Crippen molar-refractivity contribution in [3.63, 3.8) is 0 Å². The Morgan fingerprint density at radius 2 is 1.83 bits per heavy atom. The molecule has 0 radical (unpaired) electrons. The first-order valence-electron chi connectivity index (χ1n) is 6.33. The highest BCUT2D eigenvalue weighted by molar-refractivity contribution is 7.90. The van der Waals surface area contributed by atoms with Crippen molar-refractivity contribution >= 4 is 10.0 Å². The monoisotopic (exact) mass is 268 g/mol. The Balaban J connectivity index is 1.94. The molecule has 2 N–H and O–H groups in total. The van der Waals surface area contributed by atoms with Crippen LogP contribution in [0.5, 0.6) is 0 Å². The van der Waals surface area contributed by atoms with Gasteiger partial charge in [-0.2, -0.15) is 0 Å². The lowest BCUT2D eigenvalue weighted by molar-refractivity contribution is 0.489. The minimum Gasteiger partial charge on any atom is -0.317 e. The van der Waals surface area contributed by atoms with Gasteiger partial charge in [-0.3, -0.25) is 0 Å². The molecule has 100 valence electrons. The largest absolute Gasteiger partial charge is 0.317 e. The smallest absolute Gasteiger partial charge is 0.214 e. The summed E-state index contributed by atoms with van der Waals surface area (Å²) >= 11 is 0. The van der Waals surface area contributed by atoms with Crippen molar-refractivity contribution < 1.29 is 8.42 Å². The van der Waals surface area contributed by atoms with Gasteiger partial charge in [-0.1, -0.05) is 29.8 Å². The normalized spacial score (nSPS) is 17.8. The summed E-state index contributed by atoms with van der Waals surface area (Å²) in [5.41, 5.74) is 2.18. The van der Waals surface area contributed by atoms with Gasteiger partial charge in [0.25, 0.3) is 0 Å². The average Bonchev–Trinajstić information content (AvgIpc) is 2.39. The molecular weight excluding hydrogens is 248 g/mol. The molecule has 0 aliphatic carbocycles. The van der Waals surface area contributed by atoms with Gasteiger partial charge in [-0.25, -0.2) is 13.1 Å². The molecule has 5 heteroatoms. The lowest BCUT2D eigenvalue weighted by Crippen LogP contribution is -2.41. The van der Waals surface area contributed by atoms with E-state index in [1.165, 1.54) is 5.56 Å². The fourth-order valence-electron chi connectivity index (χ4n) is 2.11. The van der Waals surface area contributed by atoms with Crippen LogP contribution in [0.3, 0.4) is 0 Å². The van der Waals surface area contributed by atoms with Crippen molar-refractivity contribution in [2.45, 2.75) is 31.6 Å². The van der Waals surface area contributed by atoms with E-state index in [1.54, 1.807) is 0 Å². The van der Waals surface area contributed by atoms with Gasteiger partial charge in [0.15, 0.2) is 0 Å². The summed E-state index contributed by atoms with van der Waals surface area (Å²) in [6.07, 6.45) is 1.40. The molecule has 4 nitrogen and oxygen atoms in total. The molecule has 0 amide bonds. The first-order chi connectivity index (χ1) is 8.58. The molecule has 0 bridgehead atoms. The van der Waals surface area contributed by atoms with Crippen molar-refractivity contribution in [2.24, 2.45) is 0 Å². The van der Waals surface area contributed by atoms with Crippen LogP contribution < -0.4 is 10.0 Å². The predicted molar refractivity (Wildman–Crippen MR) is 72.8 cm³/mol. The Bertz CT molecular complexity index is 476. The quantitative estimate of drug-likeness (QED) is 0.862. The molecule has 0 aromatic heterocycles. The summed E-state index contributed by atoms with van der Waals surface area (Å²) in [4.78, 5) is 0. The highest BCUT2D eigenvalue weighted by Crippen LogP contribution is 2.12. The number of hydrogen-bond acceptors (Lipinski definition) is 3. The van der Waals surface area contributed by atoms with Crippen LogP contribution in [0, 0.1) is 6.92 Å². The third-order valence-electron chi connectivity index (χ3n) is 3.32. The molecule has 0 spiro atoms. The van der Waals surface area contributed by atoms with Crippen LogP contribution in [0.25, 0.3) is 0 Å². The zero-order chi connectivity index (χ0) is 13.0. The standard InChI is InChI=1S/C13H20N2O2S/c1-11-2-4-12(5-3-11)10-15-18(16,17)13-6-8-14-9-7-13/h2-5,13-15H,6-10H2,1H3. The van der Waals surface area contributed by atoms with Crippen molar-refractivity contribution in [1.29, 1.82) is 0 Å². The summed E-state index contributed by atoms with van der Waals surface area (Å²) in [6.45, 7) is 3.97. The second-order valence-electron chi connectivity index (χ2n) is 4.80. The molecule has 1 aromatic carbocycles. The number of benzene rings is 1. The Morgan fingerprint density at radius 3 is 2.44 bits per heavy atom. The van der Waals surface area contributed by atoms with E-state index in [0.29, 0.717) is 19.4 Å². The summed E-state index contributed by atoms with van der Waals surface area (Å²) in [6, 6.07) is 7.91. The molecule has 1 fully saturated rings. The number of sulfonamides is 1. The van der Waals surface area contributed by atoms with Gasteiger partial charge < -0.3 is 5.32 Å². The van der Waals surface area contributed by atoms with E-state index in [2.05, 4.69) is 10.0 Å². The maximum atomic E-state index is 12.1. The average molecular weight is 268 g/mol. The van der Waals surface area contributed by atoms with E-state index >= 15 is 0 Å². The Labute approximate surface area is 109 Å². The van der Waals surface area contributed by atoms with Gasteiger partial charge in [0.2, 0.25) is 10.0 Å². The number of piperidine rings is 1. The summed E-state index contributed by atoms with van der Waals surface area (Å²) < 4.78 is 26.9. The second kappa shape index (κ2) is 5.82. The maximum Gasteiger partial charge on any atom is 0.214 e. The molecule has 18 heavy (non-hydrogen) atoms. The Hall–Kier alpha value is -0.910. The number of hydrogen-bond donors (Lipinski definition) is 2. The van der Waals surface area contributed by atoms with Gasteiger partial charge >= 0.3 is 0 Å². The van der Waals surface area contributed by atoms with Crippen LogP contribution in [0.1, 0.15) is 24.0 Å². The van der Waals surface area contributed by atoms with E-state index in [1.807, 2.05) is 31.2 Å². The maximum absolute atomic E-state index is 12.1. The zero-order valence-corrected chi connectivity index (χ0v) is 11.5. The van der Waals surface area contributed by atoms with Crippen LogP contribution in [0.2, 0.25) is 0 Å². The topological polar surface area (TPSA) is 58.2 Å². The molecule has 1 aromatic rings. The van der Waals surface area contributed by atoms with E-state index in [4.69, 9.17) is 0 Å². The first-order valence-corrected chi connectivity index (χ1v) is 7.87. The molecule has 0 unspecified atom stereocenters. The van der Waals surface area contributed by atoms with Gasteiger partial charge in [0, 0.05) is 6.54 Å². The third kappa shape index (κ3) is 3.54. The van der Waals surface area contributed by atoms with E-state index in [-0.39, 0.29) is 5.25 Å². The van der Waals surface area contributed by atoms with Crippen LogP contribution in [-0.4, -0.2) is 26.8 Å².